The topological polar surface area (TPSA) is 84.9 Å². The first-order valence-corrected chi connectivity index (χ1v) is 6.03. The number of amidine groups is 1. The number of aromatic nitrogens is 2. The molecule has 1 heterocycles. The Balaban J connectivity index is 2.52. The highest BCUT2D eigenvalue weighted by Gasteiger charge is 2.17. The Morgan fingerprint density at radius 3 is 2.60 bits per heavy atom. The Labute approximate surface area is 116 Å². The van der Waals surface area contributed by atoms with Crippen molar-refractivity contribution in [3.63, 3.8) is 0 Å². The van der Waals surface area contributed by atoms with E-state index in [-0.39, 0.29) is 17.5 Å². The predicted octanol–water partition coefficient (Wildman–Crippen LogP) is 2.62. The lowest BCUT2D eigenvalue weighted by molar-refractivity contribution is 0.418. The molecule has 2 aromatic rings. The molecule has 1 aromatic heterocycles. The second-order valence-electron chi connectivity index (χ2n) is 4.49. The third-order valence-electron chi connectivity index (χ3n) is 3.05. The SMILES string of the molecule is Cc1cccc(Oc2nnc(C)c(C)c2C(=N)N)c1F. The van der Waals surface area contributed by atoms with E-state index in [1.807, 2.05) is 0 Å². The first kappa shape index (κ1) is 13.9. The number of hydrogen-bond donors (Lipinski definition) is 2. The maximum atomic E-state index is 13.9. The quantitative estimate of drug-likeness (QED) is 0.665. The van der Waals surface area contributed by atoms with Gasteiger partial charge in [-0.05, 0) is 38.0 Å². The molecule has 0 unspecified atom stereocenters. The fourth-order valence-corrected chi connectivity index (χ4v) is 1.78. The normalized spacial score (nSPS) is 10.4. The number of nitrogen functional groups attached to an aromatic ring is 1. The second-order valence-corrected chi connectivity index (χ2v) is 4.49. The predicted molar refractivity (Wildman–Crippen MR) is 73.7 cm³/mol. The van der Waals surface area contributed by atoms with Gasteiger partial charge in [0.25, 0.3) is 0 Å². The van der Waals surface area contributed by atoms with Gasteiger partial charge in [0, 0.05) is 0 Å². The van der Waals surface area contributed by atoms with Crippen molar-refractivity contribution >= 4 is 5.84 Å². The van der Waals surface area contributed by atoms with Crippen LogP contribution in [0.15, 0.2) is 18.2 Å². The third-order valence-corrected chi connectivity index (χ3v) is 3.05. The average Bonchev–Trinajstić information content (AvgIpc) is 2.39. The van der Waals surface area contributed by atoms with Crippen molar-refractivity contribution in [2.45, 2.75) is 20.8 Å². The number of benzene rings is 1. The van der Waals surface area contributed by atoms with Crippen molar-refractivity contribution < 1.29 is 9.13 Å². The Morgan fingerprint density at radius 1 is 1.25 bits per heavy atom. The van der Waals surface area contributed by atoms with Crippen molar-refractivity contribution in [3.05, 3.63) is 46.4 Å². The summed E-state index contributed by atoms with van der Waals surface area (Å²) in [5.41, 5.74) is 7.68. The molecule has 0 aliphatic heterocycles. The van der Waals surface area contributed by atoms with Crippen molar-refractivity contribution in [3.8, 4) is 11.6 Å². The van der Waals surface area contributed by atoms with E-state index in [0.29, 0.717) is 22.4 Å². The van der Waals surface area contributed by atoms with E-state index in [9.17, 15) is 4.39 Å². The molecule has 0 saturated carbocycles. The monoisotopic (exact) mass is 274 g/mol. The minimum Gasteiger partial charge on any atom is -0.434 e. The highest BCUT2D eigenvalue weighted by molar-refractivity contribution is 5.98. The molecule has 2 rings (SSSR count). The van der Waals surface area contributed by atoms with Crippen LogP contribution in [0.1, 0.15) is 22.4 Å². The van der Waals surface area contributed by atoms with Crippen LogP contribution in [-0.4, -0.2) is 16.0 Å². The molecule has 6 heteroatoms. The molecule has 0 saturated heterocycles. The van der Waals surface area contributed by atoms with E-state index >= 15 is 0 Å². The van der Waals surface area contributed by atoms with Gasteiger partial charge in [0.1, 0.15) is 5.84 Å². The van der Waals surface area contributed by atoms with Crippen LogP contribution in [0.2, 0.25) is 0 Å². The van der Waals surface area contributed by atoms with E-state index < -0.39 is 5.82 Å². The summed E-state index contributed by atoms with van der Waals surface area (Å²) in [6.45, 7) is 5.16. The Hall–Kier alpha value is -2.50. The average molecular weight is 274 g/mol. The molecule has 0 radical (unpaired) electrons. The summed E-state index contributed by atoms with van der Waals surface area (Å²) in [6, 6.07) is 4.80. The standard InChI is InChI=1S/C14H15FN4O/c1-7-5-4-6-10(12(7)15)20-14-11(13(16)17)8(2)9(3)18-19-14/h4-6H,1-3H3,(H3,16,17). The van der Waals surface area contributed by atoms with Crippen molar-refractivity contribution in [2.24, 2.45) is 5.73 Å². The van der Waals surface area contributed by atoms with Crippen LogP contribution in [0.5, 0.6) is 11.6 Å². The van der Waals surface area contributed by atoms with Gasteiger partial charge in [0.05, 0.1) is 11.3 Å². The summed E-state index contributed by atoms with van der Waals surface area (Å²) in [4.78, 5) is 0. The van der Waals surface area contributed by atoms with Crippen LogP contribution >= 0.6 is 0 Å². The molecule has 0 bridgehead atoms. The van der Waals surface area contributed by atoms with Gasteiger partial charge in [-0.2, -0.15) is 5.10 Å². The zero-order valence-corrected chi connectivity index (χ0v) is 11.5. The molecule has 0 atom stereocenters. The lowest BCUT2D eigenvalue weighted by atomic mass is 10.1. The molecule has 5 nitrogen and oxygen atoms in total. The third kappa shape index (κ3) is 2.45. The first-order valence-electron chi connectivity index (χ1n) is 6.03. The molecule has 0 amide bonds. The molecule has 0 aliphatic rings. The zero-order chi connectivity index (χ0) is 14.9. The number of ether oxygens (including phenoxy) is 1. The molecule has 20 heavy (non-hydrogen) atoms. The van der Waals surface area contributed by atoms with Crippen LogP contribution < -0.4 is 10.5 Å². The Morgan fingerprint density at radius 2 is 1.95 bits per heavy atom. The molecular formula is C14H15FN4O. The van der Waals surface area contributed by atoms with Gasteiger partial charge < -0.3 is 10.5 Å². The van der Waals surface area contributed by atoms with Crippen molar-refractivity contribution in [1.82, 2.24) is 10.2 Å². The van der Waals surface area contributed by atoms with Crippen molar-refractivity contribution in [1.29, 1.82) is 5.41 Å². The lowest BCUT2D eigenvalue weighted by Crippen LogP contribution is -2.17. The van der Waals surface area contributed by atoms with Gasteiger partial charge in [-0.25, -0.2) is 4.39 Å². The van der Waals surface area contributed by atoms with Gasteiger partial charge in [-0.3, -0.25) is 5.41 Å². The van der Waals surface area contributed by atoms with Crippen LogP contribution in [0.25, 0.3) is 0 Å². The fraction of sp³-hybridized carbons (Fsp3) is 0.214. The smallest absolute Gasteiger partial charge is 0.250 e. The van der Waals surface area contributed by atoms with Crippen LogP contribution in [0, 0.1) is 32.0 Å². The summed E-state index contributed by atoms with van der Waals surface area (Å²) in [6.07, 6.45) is 0. The fourth-order valence-electron chi connectivity index (χ4n) is 1.78. The number of hydrogen-bond acceptors (Lipinski definition) is 4. The number of halogens is 1. The molecule has 104 valence electrons. The van der Waals surface area contributed by atoms with Gasteiger partial charge in [-0.1, -0.05) is 12.1 Å². The molecule has 0 fully saturated rings. The number of nitrogens with one attached hydrogen (secondary N) is 1. The molecule has 1 aromatic carbocycles. The van der Waals surface area contributed by atoms with E-state index in [4.69, 9.17) is 15.9 Å². The van der Waals surface area contributed by atoms with E-state index in [0.717, 1.165) is 0 Å². The lowest BCUT2D eigenvalue weighted by Gasteiger charge is -2.13. The summed E-state index contributed by atoms with van der Waals surface area (Å²) >= 11 is 0. The zero-order valence-electron chi connectivity index (χ0n) is 11.5. The number of aryl methyl sites for hydroxylation is 2. The van der Waals surface area contributed by atoms with Crippen LogP contribution in [0.4, 0.5) is 4.39 Å². The molecule has 0 aliphatic carbocycles. The van der Waals surface area contributed by atoms with Crippen LogP contribution in [-0.2, 0) is 0 Å². The second kappa shape index (κ2) is 5.24. The summed E-state index contributed by atoms with van der Waals surface area (Å²) < 4.78 is 19.4. The Bertz CT molecular complexity index is 685. The minimum absolute atomic E-state index is 0.0325. The number of rotatable bonds is 3. The minimum atomic E-state index is -0.470. The van der Waals surface area contributed by atoms with Gasteiger partial charge in [0.2, 0.25) is 5.88 Å². The van der Waals surface area contributed by atoms with Gasteiger partial charge in [-0.15, -0.1) is 5.10 Å². The maximum Gasteiger partial charge on any atom is 0.250 e. The largest absolute Gasteiger partial charge is 0.434 e. The van der Waals surface area contributed by atoms with E-state index in [1.54, 1.807) is 32.9 Å². The summed E-state index contributed by atoms with van der Waals surface area (Å²) in [7, 11) is 0. The molecular weight excluding hydrogens is 259 g/mol. The van der Waals surface area contributed by atoms with Gasteiger partial charge >= 0.3 is 0 Å². The van der Waals surface area contributed by atoms with E-state index in [2.05, 4.69) is 10.2 Å². The molecule has 3 N–H and O–H groups in total. The summed E-state index contributed by atoms with van der Waals surface area (Å²) in [5, 5.41) is 15.4. The van der Waals surface area contributed by atoms with Crippen LogP contribution in [0.3, 0.4) is 0 Å². The summed E-state index contributed by atoms with van der Waals surface area (Å²) in [5.74, 6) is -0.597. The molecule has 0 spiro atoms. The first-order chi connectivity index (χ1) is 9.41. The Kier molecular flexibility index (Phi) is 3.65. The highest BCUT2D eigenvalue weighted by Crippen LogP contribution is 2.28. The van der Waals surface area contributed by atoms with Gasteiger partial charge in [0.15, 0.2) is 11.6 Å². The van der Waals surface area contributed by atoms with E-state index in [1.165, 1.54) is 6.07 Å². The number of nitrogens with two attached hydrogens (primary N) is 1. The highest BCUT2D eigenvalue weighted by atomic mass is 19.1. The van der Waals surface area contributed by atoms with Crippen molar-refractivity contribution in [2.75, 3.05) is 0 Å². The maximum absolute atomic E-state index is 13.9. The number of nitrogens with zero attached hydrogens (tertiary/aromatic N) is 2.